The van der Waals surface area contributed by atoms with Gasteiger partial charge in [0.15, 0.2) is 0 Å². The van der Waals surface area contributed by atoms with Crippen molar-refractivity contribution in [1.29, 1.82) is 0 Å². The predicted molar refractivity (Wildman–Crippen MR) is 94.3 cm³/mol. The topological polar surface area (TPSA) is 65.6 Å². The van der Waals surface area contributed by atoms with Crippen molar-refractivity contribution in [2.75, 3.05) is 32.8 Å². The van der Waals surface area contributed by atoms with Crippen LogP contribution < -0.4 is 0 Å². The zero-order valence-corrected chi connectivity index (χ0v) is 14.8. The van der Waals surface area contributed by atoms with Crippen LogP contribution >= 0.6 is 0 Å². The molecular formula is C19H22FN3O3. The molecule has 0 radical (unpaired) electrons. The number of amides is 2. The Morgan fingerprint density at radius 1 is 1.19 bits per heavy atom. The highest BCUT2D eigenvalue weighted by Gasteiger charge is 2.54. The molecule has 2 amide bonds. The number of carbonyl (C=O) groups is 2. The molecule has 0 spiro atoms. The minimum absolute atomic E-state index is 0.0752. The van der Waals surface area contributed by atoms with Gasteiger partial charge in [0.2, 0.25) is 5.91 Å². The van der Waals surface area contributed by atoms with Crippen molar-refractivity contribution >= 4 is 22.9 Å². The van der Waals surface area contributed by atoms with E-state index < -0.39 is 5.41 Å². The second kappa shape index (κ2) is 6.30. The summed E-state index contributed by atoms with van der Waals surface area (Å²) < 4.78 is 18.7. The zero-order chi connectivity index (χ0) is 18.3. The summed E-state index contributed by atoms with van der Waals surface area (Å²) in [5.74, 6) is -0.226. The van der Waals surface area contributed by atoms with Crippen molar-refractivity contribution in [2.45, 2.75) is 25.2 Å². The summed E-state index contributed by atoms with van der Waals surface area (Å²) >= 11 is 0. The summed E-state index contributed by atoms with van der Waals surface area (Å²) in [6.45, 7) is 4.06. The first-order valence-electron chi connectivity index (χ1n) is 9.03. The number of piperazine rings is 1. The summed E-state index contributed by atoms with van der Waals surface area (Å²) in [5, 5.41) is 0.779. The van der Waals surface area contributed by atoms with E-state index in [1.165, 1.54) is 12.1 Å². The van der Waals surface area contributed by atoms with Crippen molar-refractivity contribution in [3.05, 3.63) is 35.8 Å². The van der Waals surface area contributed by atoms with Gasteiger partial charge in [-0.3, -0.25) is 4.79 Å². The molecule has 2 fully saturated rings. The highest BCUT2D eigenvalue weighted by Crippen LogP contribution is 2.51. The number of H-pyrrole nitrogens is 1. The summed E-state index contributed by atoms with van der Waals surface area (Å²) in [7, 11) is 0. The number of benzene rings is 1. The van der Waals surface area contributed by atoms with Crippen LogP contribution in [0.5, 0.6) is 0 Å². The maximum absolute atomic E-state index is 13.7. The molecule has 1 saturated heterocycles. The number of hydrogen-bond donors (Lipinski definition) is 1. The number of aromatic amines is 1. The number of hydrogen-bond acceptors (Lipinski definition) is 3. The van der Waals surface area contributed by atoms with Crippen LogP contribution in [0.25, 0.3) is 10.9 Å². The number of rotatable bonds is 3. The third-order valence-corrected chi connectivity index (χ3v) is 5.41. The lowest BCUT2D eigenvalue weighted by Gasteiger charge is -2.36. The first-order valence-corrected chi connectivity index (χ1v) is 9.03. The predicted octanol–water partition coefficient (Wildman–Crippen LogP) is 2.64. The second-order valence-electron chi connectivity index (χ2n) is 6.95. The Morgan fingerprint density at radius 3 is 2.54 bits per heavy atom. The fourth-order valence-electron chi connectivity index (χ4n) is 3.82. The molecule has 2 aliphatic rings. The number of nitrogens with one attached hydrogen (secondary N) is 1. The highest BCUT2D eigenvalue weighted by atomic mass is 19.1. The summed E-state index contributed by atoms with van der Waals surface area (Å²) in [6.07, 6.45) is 3.05. The normalized spacial score (nSPS) is 18.8. The minimum atomic E-state index is -0.557. The molecule has 4 rings (SSSR count). The van der Waals surface area contributed by atoms with Crippen LogP contribution in [-0.2, 0) is 14.9 Å². The quantitative estimate of drug-likeness (QED) is 0.916. The van der Waals surface area contributed by atoms with E-state index >= 15 is 0 Å². The van der Waals surface area contributed by atoms with E-state index in [9.17, 15) is 14.0 Å². The number of fused-ring (bicyclic) bond motifs is 1. The van der Waals surface area contributed by atoms with E-state index in [-0.39, 0.29) is 17.8 Å². The van der Waals surface area contributed by atoms with Gasteiger partial charge in [0, 0.05) is 43.3 Å². The van der Waals surface area contributed by atoms with Crippen molar-refractivity contribution in [2.24, 2.45) is 0 Å². The van der Waals surface area contributed by atoms with Gasteiger partial charge in [-0.2, -0.15) is 0 Å². The number of ether oxygens (including phenoxy) is 1. The Hall–Kier alpha value is -2.57. The maximum atomic E-state index is 13.7. The van der Waals surface area contributed by atoms with Gasteiger partial charge in [0.25, 0.3) is 0 Å². The van der Waals surface area contributed by atoms with Crippen molar-refractivity contribution in [3.8, 4) is 0 Å². The molecular weight excluding hydrogens is 337 g/mol. The third-order valence-electron chi connectivity index (χ3n) is 5.41. The van der Waals surface area contributed by atoms with Crippen LogP contribution in [0.4, 0.5) is 9.18 Å². The zero-order valence-electron chi connectivity index (χ0n) is 14.8. The Labute approximate surface area is 150 Å². The molecule has 1 aliphatic carbocycles. The average molecular weight is 359 g/mol. The van der Waals surface area contributed by atoms with Gasteiger partial charge < -0.3 is 19.5 Å². The van der Waals surface area contributed by atoms with Gasteiger partial charge >= 0.3 is 6.09 Å². The van der Waals surface area contributed by atoms with Crippen LogP contribution in [0, 0.1) is 5.82 Å². The monoisotopic (exact) mass is 359 g/mol. The SMILES string of the molecule is CCOC(=O)N1CCN(C(=O)C2(c3c[nH]c4ccc(F)cc34)CC2)CC1. The second-order valence-corrected chi connectivity index (χ2v) is 6.95. The van der Waals surface area contributed by atoms with Gasteiger partial charge in [-0.15, -0.1) is 0 Å². The van der Waals surface area contributed by atoms with Crippen molar-refractivity contribution in [3.63, 3.8) is 0 Å². The van der Waals surface area contributed by atoms with Crippen LogP contribution in [0.1, 0.15) is 25.3 Å². The maximum Gasteiger partial charge on any atom is 0.409 e. The molecule has 1 saturated carbocycles. The molecule has 1 N–H and O–H groups in total. The molecule has 2 aromatic rings. The van der Waals surface area contributed by atoms with E-state index in [0.717, 1.165) is 29.3 Å². The van der Waals surface area contributed by atoms with E-state index in [4.69, 9.17) is 4.74 Å². The summed E-state index contributed by atoms with van der Waals surface area (Å²) in [6, 6.07) is 4.61. The Kier molecular flexibility index (Phi) is 4.09. The standard InChI is InChI=1S/C19H22FN3O3/c1-2-26-18(25)23-9-7-22(8-10-23)17(24)19(5-6-19)15-12-21-16-4-3-13(20)11-14(15)16/h3-4,11-12,21H,2,5-10H2,1H3. The molecule has 0 bridgehead atoms. The van der Waals surface area contributed by atoms with Gasteiger partial charge in [-0.05, 0) is 43.5 Å². The van der Waals surface area contributed by atoms with Crippen LogP contribution in [0.2, 0.25) is 0 Å². The van der Waals surface area contributed by atoms with Gasteiger partial charge in [0.1, 0.15) is 5.82 Å². The molecule has 0 atom stereocenters. The molecule has 6 nitrogen and oxygen atoms in total. The molecule has 138 valence electrons. The fraction of sp³-hybridized carbons (Fsp3) is 0.474. The average Bonchev–Trinajstić information content (AvgIpc) is 3.35. The van der Waals surface area contributed by atoms with Crippen molar-refractivity contribution in [1.82, 2.24) is 14.8 Å². The van der Waals surface area contributed by atoms with Crippen LogP contribution in [0.15, 0.2) is 24.4 Å². The number of nitrogens with zero attached hydrogens (tertiary/aromatic N) is 2. The minimum Gasteiger partial charge on any atom is -0.450 e. The molecule has 1 aliphatic heterocycles. The van der Waals surface area contributed by atoms with E-state index in [1.807, 2.05) is 11.1 Å². The molecule has 26 heavy (non-hydrogen) atoms. The molecule has 1 aromatic heterocycles. The summed E-state index contributed by atoms with van der Waals surface area (Å²) in [5.41, 5.74) is 1.16. The number of halogens is 1. The molecule has 7 heteroatoms. The van der Waals surface area contributed by atoms with Crippen LogP contribution in [-0.4, -0.2) is 59.6 Å². The van der Waals surface area contributed by atoms with Gasteiger partial charge in [-0.1, -0.05) is 0 Å². The summed E-state index contributed by atoms with van der Waals surface area (Å²) in [4.78, 5) is 31.6. The number of aromatic nitrogens is 1. The lowest BCUT2D eigenvalue weighted by molar-refractivity contribution is -0.135. The number of carbonyl (C=O) groups excluding carboxylic acids is 2. The Bertz CT molecular complexity index is 851. The first-order chi connectivity index (χ1) is 12.5. The van der Waals surface area contributed by atoms with E-state index in [2.05, 4.69) is 4.98 Å². The molecule has 2 heterocycles. The largest absolute Gasteiger partial charge is 0.450 e. The smallest absolute Gasteiger partial charge is 0.409 e. The molecule has 1 aromatic carbocycles. The lowest BCUT2D eigenvalue weighted by atomic mass is 9.93. The van der Waals surface area contributed by atoms with Gasteiger partial charge in [-0.25, -0.2) is 9.18 Å². The van der Waals surface area contributed by atoms with Gasteiger partial charge in [0.05, 0.1) is 12.0 Å². The third kappa shape index (κ3) is 2.71. The highest BCUT2D eigenvalue weighted by molar-refractivity contribution is 5.97. The van der Waals surface area contributed by atoms with E-state index in [1.54, 1.807) is 17.9 Å². The van der Waals surface area contributed by atoms with Crippen molar-refractivity contribution < 1.29 is 18.7 Å². The van der Waals surface area contributed by atoms with Crippen LogP contribution in [0.3, 0.4) is 0 Å². The fourth-order valence-corrected chi connectivity index (χ4v) is 3.82. The first kappa shape index (κ1) is 16.9. The Morgan fingerprint density at radius 2 is 1.88 bits per heavy atom. The Balaban J connectivity index is 1.51. The van der Waals surface area contributed by atoms with E-state index in [0.29, 0.717) is 32.8 Å². The molecule has 0 unspecified atom stereocenters. The lowest BCUT2D eigenvalue weighted by Crippen LogP contribution is -2.53.